The molecule has 6 nitrogen and oxygen atoms in total. The van der Waals surface area contributed by atoms with Gasteiger partial charge in [0.05, 0.1) is 12.2 Å². The van der Waals surface area contributed by atoms with E-state index in [1.54, 1.807) is 0 Å². The van der Waals surface area contributed by atoms with Crippen molar-refractivity contribution in [1.82, 2.24) is 0 Å². The van der Waals surface area contributed by atoms with Crippen molar-refractivity contribution in [3.8, 4) is 0 Å². The molecule has 0 amide bonds. The summed E-state index contributed by atoms with van der Waals surface area (Å²) >= 11 is 0. The SMILES string of the molecule is [B][C@@H]1O[C@H](/C=C/[P+](=O)O)C[C@H]1OP(=O)(O)CC. The van der Waals surface area contributed by atoms with Crippen LogP contribution in [-0.4, -0.2) is 42.0 Å². The fraction of sp³-hybridized carbons (Fsp3) is 0.750. The highest BCUT2D eigenvalue weighted by molar-refractivity contribution is 7.52. The zero-order chi connectivity index (χ0) is 13.1. The van der Waals surface area contributed by atoms with Gasteiger partial charge in [-0.05, 0) is 10.6 Å². The van der Waals surface area contributed by atoms with E-state index in [1.165, 1.54) is 13.0 Å². The minimum absolute atomic E-state index is 0.000767. The van der Waals surface area contributed by atoms with Crippen molar-refractivity contribution < 1.29 is 28.2 Å². The van der Waals surface area contributed by atoms with Gasteiger partial charge in [-0.15, -0.1) is 0 Å². The molecule has 0 bridgehead atoms. The molecule has 2 unspecified atom stereocenters. The predicted molar refractivity (Wildman–Crippen MR) is 63.2 cm³/mol. The van der Waals surface area contributed by atoms with E-state index >= 15 is 0 Å². The Bertz CT molecular complexity index is 360. The van der Waals surface area contributed by atoms with Gasteiger partial charge in [0.15, 0.2) is 5.82 Å². The molecule has 1 fully saturated rings. The highest BCUT2D eigenvalue weighted by atomic mass is 31.2. The van der Waals surface area contributed by atoms with Gasteiger partial charge in [0.1, 0.15) is 7.85 Å². The van der Waals surface area contributed by atoms with E-state index in [-0.39, 0.29) is 12.6 Å². The molecule has 0 saturated carbocycles. The van der Waals surface area contributed by atoms with Gasteiger partial charge < -0.3 is 14.2 Å². The van der Waals surface area contributed by atoms with Crippen molar-refractivity contribution in [3.63, 3.8) is 0 Å². The van der Waals surface area contributed by atoms with Crippen molar-refractivity contribution in [3.05, 3.63) is 11.9 Å². The Kier molecular flexibility index (Phi) is 5.51. The number of hydrogen-bond donors (Lipinski definition) is 2. The fourth-order valence-corrected chi connectivity index (χ4v) is 2.51. The maximum atomic E-state index is 11.4. The van der Waals surface area contributed by atoms with Gasteiger partial charge in [-0.3, -0.25) is 4.57 Å². The Hall–Kier alpha value is -0.0251. The minimum atomic E-state index is -3.62. The van der Waals surface area contributed by atoms with Crippen molar-refractivity contribution in [1.29, 1.82) is 0 Å². The molecule has 1 aliphatic rings. The van der Waals surface area contributed by atoms with Gasteiger partial charge in [-0.1, -0.05) is 6.92 Å². The Morgan fingerprint density at radius 2 is 2.35 bits per heavy atom. The Balaban J connectivity index is 2.55. The monoisotopic (exact) mass is 279 g/mol. The first-order valence-electron chi connectivity index (χ1n) is 5.09. The number of rotatable bonds is 5. The highest BCUT2D eigenvalue weighted by Gasteiger charge is 2.35. The normalized spacial score (nSPS) is 33.8. The summed E-state index contributed by atoms with van der Waals surface area (Å²) in [4.78, 5) is 17.9. The van der Waals surface area contributed by atoms with Crippen LogP contribution in [0.1, 0.15) is 13.3 Å². The third-order valence-electron chi connectivity index (χ3n) is 2.29. The van der Waals surface area contributed by atoms with Gasteiger partial charge in [0, 0.05) is 18.6 Å². The van der Waals surface area contributed by atoms with Crippen molar-refractivity contribution in [2.75, 3.05) is 6.16 Å². The van der Waals surface area contributed by atoms with Crippen LogP contribution >= 0.6 is 15.6 Å². The maximum absolute atomic E-state index is 11.4. The lowest BCUT2D eigenvalue weighted by molar-refractivity contribution is 0.0816. The van der Waals surface area contributed by atoms with Gasteiger partial charge in [0.25, 0.3) is 0 Å². The molecule has 0 spiro atoms. The molecule has 2 N–H and O–H groups in total. The molecule has 1 heterocycles. The molecule has 0 aromatic carbocycles. The largest absolute Gasteiger partial charge is 0.537 e. The second-order valence-electron chi connectivity index (χ2n) is 3.62. The Morgan fingerprint density at radius 3 is 2.88 bits per heavy atom. The summed E-state index contributed by atoms with van der Waals surface area (Å²) < 4.78 is 32.0. The van der Waals surface area contributed by atoms with Crippen LogP contribution in [0.2, 0.25) is 0 Å². The highest BCUT2D eigenvalue weighted by Crippen LogP contribution is 2.45. The minimum Gasteiger partial charge on any atom is -0.378 e. The second-order valence-corrected chi connectivity index (χ2v) is 6.64. The topological polar surface area (TPSA) is 93.1 Å². The van der Waals surface area contributed by atoms with Crippen LogP contribution in [0.4, 0.5) is 0 Å². The van der Waals surface area contributed by atoms with Crippen LogP contribution in [0, 0.1) is 0 Å². The van der Waals surface area contributed by atoms with Gasteiger partial charge in [0.2, 0.25) is 0 Å². The first kappa shape index (κ1) is 15.0. The number of ether oxygens (including phenoxy) is 1. The molecule has 17 heavy (non-hydrogen) atoms. The van der Waals surface area contributed by atoms with Gasteiger partial charge >= 0.3 is 15.6 Å². The van der Waals surface area contributed by atoms with E-state index in [2.05, 4.69) is 0 Å². The lowest BCUT2D eigenvalue weighted by atomic mass is 9.94. The van der Waals surface area contributed by atoms with E-state index in [1.807, 2.05) is 0 Å². The third-order valence-corrected chi connectivity index (χ3v) is 4.12. The summed E-state index contributed by atoms with van der Waals surface area (Å²) in [6.07, 6.45) is 0.524. The zero-order valence-corrected chi connectivity index (χ0v) is 11.1. The summed E-state index contributed by atoms with van der Waals surface area (Å²) in [5.41, 5.74) is 0. The predicted octanol–water partition coefficient (Wildman–Crippen LogP) is 1.11. The van der Waals surface area contributed by atoms with Crippen molar-refractivity contribution in [2.45, 2.75) is 31.6 Å². The summed E-state index contributed by atoms with van der Waals surface area (Å²) in [7, 11) is -0.398. The summed E-state index contributed by atoms with van der Waals surface area (Å²) in [6.45, 7) is 1.54. The third kappa shape index (κ3) is 5.00. The zero-order valence-electron chi connectivity index (χ0n) is 9.30. The molecular weight excluding hydrogens is 265 g/mol. The van der Waals surface area contributed by atoms with E-state index < -0.39 is 33.8 Å². The molecule has 0 aromatic rings. The molecule has 1 saturated heterocycles. The Morgan fingerprint density at radius 1 is 1.71 bits per heavy atom. The molecule has 0 aliphatic carbocycles. The first-order valence-corrected chi connectivity index (χ1v) is 8.13. The Labute approximate surface area is 102 Å². The summed E-state index contributed by atoms with van der Waals surface area (Å²) in [5, 5.41) is 0. The number of hydrogen-bond acceptors (Lipinski definition) is 4. The van der Waals surface area contributed by atoms with Crippen LogP contribution in [0.25, 0.3) is 0 Å². The molecule has 94 valence electrons. The maximum Gasteiger partial charge on any atom is 0.537 e. The quantitative estimate of drug-likeness (QED) is 0.578. The first-order chi connectivity index (χ1) is 7.84. The van der Waals surface area contributed by atoms with E-state index in [0.717, 1.165) is 5.82 Å². The van der Waals surface area contributed by atoms with Crippen LogP contribution in [-0.2, 0) is 18.4 Å². The van der Waals surface area contributed by atoms with Gasteiger partial charge in [-0.2, -0.15) is 4.89 Å². The lowest BCUT2D eigenvalue weighted by Crippen LogP contribution is -2.23. The van der Waals surface area contributed by atoms with Crippen LogP contribution in [0.15, 0.2) is 11.9 Å². The standard InChI is InChI=1S/C8H13BO6P2/c1-2-17(12,13)15-7-5-6(14-8(7)9)3-4-16(10)11/h3-4,6-8H,2,5H2,1H3,(H-,10,11,12,13)/p+1/b4-3+/t6-,7-,8-/m1/s1. The average Bonchev–Trinajstić information content (AvgIpc) is 2.56. The van der Waals surface area contributed by atoms with E-state index in [4.69, 9.17) is 22.0 Å². The van der Waals surface area contributed by atoms with Crippen LogP contribution in [0.3, 0.4) is 0 Å². The molecule has 5 atom stereocenters. The molecule has 9 heteroatoms. The molecule has 2 radical (unpaired) electrons. The van der Waals surface area contributed by atoms with E-state index in [0.29, 0.717) is 0 Å². The van der Waals surface area contributed by atoms with Crippen molar-refractivity contribution >= 4 is 23.5 Å². The van der Waals surface area contributed by atoms with E-state index in [9.17, 15) is 14.0 Å². The van der Waals surface area contributed by atoms with Crippen LogP contribution < -0.4 is 0 Å². The molecule has 0 aromatic heterocycles. The molecular formula is C8H14BO6P2+. The second kappa shape index (κ2) is 6.23. The lowest BCUT2D eigenvalue weighted by Gasteiger charge is -2.18. The smallest absolute Gasteiger partial charge is 0.378 e. The average molecular weight is 279 g/mol. The summed E-state index contributed by atoms with van der Waals surface area (Å²) in [6, 6.07) is -0.812. The molecule has 1 aliphatic heterocycles. The fourth-order valence-electron chi connectivity index (χ4n) is 1.39. The molecule has 1 rings (SSSR count). The van der Waals surface area contributed by atoms with Gasteiger partial charge in [-0.25, -0.2) is 0 Å². The summed E-state index contributed by atoms with van der Waals surface area (Å²) in [5.74, 6) is 1.09. The van der Waals surface area contributed by atoms with Crippen molar-refractivity contribution in [2.24, 2.45) is 0 Å². The van der Waals surface area contributed by atoms with Crippen LogP contribution in [0.5, 0.6) is 0 Å².